The predicted octanol–water partition coefficient (Wildman–Crippen LogP) is 2.09. The van der Waals surface area contributed by atoms with E-state index < -0.39 is 0 Å². The Morgan fingerprint density at radius 3 is 2.42 bits per heavy atom. The molecule has 0 atom stereocenters. The molecule has 3 heteroatoms. The van der Waals surface area contributed by atoms with E-state index in [2.05, 4.69) is 0 Å². The van der Waals surface area contributed by atoms with Gasteiger partial charge in [-0.25, -0.2) is 0 Å². The minimum Gasteiger partial charge on any atom is -0.288 e. The van der Waals surface area contributed by atoms with E-state index in [1.807, 2.05) is 31.2 Å². The summed E-state index contributed by atoms with van der Waals surface area (Å²) < 4.78 is 1.53. The summed E-state index contributed by atoms with van der Waals surface area (Å²) in [5.74, 6) is 0. The lowest BCUT2D eigenvalue weighted by molar-refractivity contribution is -0.113. The maximum atomic E-state index is 10.3. The third kappa shape index (κ3) is 2.58. The highest BCUT2D eigenvalue weighted by Crippen LogP contribution is 2.19. The Balaban J connectivity index is 2.64. The van der Waals surface area contributed by atoms with Crippen LogP contribution in [0, 0.1) is 6.92 Å². The lowest BCUT2D eigenvalue weighted by Gasteiger charge is -2.08. The molecule has 0 saturated carbocycles. The van der Waals surface area contributed by atoms with Crippen molar-refractivity contribution in [1.29, 1.82) is 0 Å². The van der Waals surface area contributed by atoms with E-state index >= 15 is 0 Å². The highest BCUT2D eigenvalue weighted by molar-refractivity contribution is 7.97. The number of nitrogens with zero attached hydrogens (tertiary/aromatic N) is 1. The summed E-state index contributed by atoms with van der Waals surface area (Å²) in [5.41, 5.74) is 1.23. The van der Waals surface area contributed by atoms with Crippen molar-refractivity contribution in [2.24, 2.45) is 0 Å². The molecule has 1 aromatic rings. The van der Waals surface area contributed by atoms with Crippen LogP contribution in [0.4, 0.5) is 0 Å². The first-order valence-electron chi connectivity index (χ1n) is 3.65. The number of hydrogen-bond donors (Lipinski definition) is 0. The highest BCUT2D eigenvalue weighted by Gasteiger charge is 1.96. The van der Waals surface area contributed by atoms with Crippen LogP contribution in [-0.4, -0.2) is 17.8 Å². The fourth-order valence-corrected chi connectivity index (χ4v) is 1.42. The molecule has 0 unspecified atom stereocenters. The number of benzene rings is 1. The van der Waals surface area contributed by atoms with Crippen LogP contribution in [0.2, 0.25) is 0 Å². The summed E-state index contributed by atoms with van der Waals surface area (Å²) in [4.78, 5) is 11.4. The number of rotatable bonds is 3. The Kier molecular flexibility index (Phi) is 3.17. The van der Waals surface area contributed by atoms with Crippen LogP contribution in [-0.2, 0) is 4.79 Å². The molecule has 0 aliphatic carbocycles. The summed E-state index contributed by atoms with van der Waals surface area (Å²) in [6.45, 7) is 2.04. The van der Waals surface area contributed by atoms with Crippen LogP contribution < -0.4 is 0 Å². The maximum Gasteiger partial charge on any atom is 0.219 e. The molecule has 0 aromatic heterocycles. The summed E-state index contributed by atoms with van der Waals surface area (Å²) in [5, 5.41) is 0. The number of aryl methyl sites for hydroxylation is 1. The summed E-state index contributed by atoms with van der Waals surface area (Å²) in [6, 6.07) is 8.06. The van der Waals surface area contributed by atoms with E-state index in [-0.39, 0.29) is 0 Å². The van der Waals surface area contributed by atoms with Crippen molar-refractivity contribution in [2.45, 2.75) is 11.8 Å². The van der Waals surface area contributed by atoms with Crippen molar-refractivity contribution in [1.82, 2.24) is 4.31 Å². The largest absolute Gasteiger partial charge is 0.288 e. The van der Waals surface area contributed by atoms with Gasteiger partial charge in [0.1, 0.15) is 0 Å². The Labute approximate surface area is 76.7 Å². The summed E-state index contributed by atoms with van der Waals surface area (Å²) in [7, 11) is 1.73. The van der Waals surface area contributed by atoms with Gasteiger partial charge >= 0.3 is 0 Å². The SMILES string of the molecule is Cc1ccc(SN(C)C=O)cc1. The first-order valence-corrected chi connectivity index (χ1v) is 4.42. The minimum absolute atomic E-state index is 0.796. The molecular weight excluding hydrogens is 170 g/mol. The normalized spacial score (nSPS) is 9.50. The van der Waals surface area contributed by atoms with Crippen molar-refractivity contribution >= 4 is 18.4 Å². The Hall–Kier alpha value is -0.960. The monoisotopic (exact) mass is 181 g/mol. The summed E-state index contributed by atoms with van der Waals surface area (Å²) in [6.07, 6.45) is 0.796. The first kappa shape index (κ1) is 9.13. The number of carbonyl (C=O) groups excluding carboxylic acids is 1. The van der Waals surface area contributed by atoms with E-state index in [1.54, 1.807) is 7.05 Å². The van der Waals surface area contributed by atoms with Gasteiger partial charge in [-0.15, -0.1) is 0 Å². The van der Waals surface area contributed by atoms with Gasteiger partial charge in [0.2, 0.25) is 6.41 Å². The summed E-state index contributed by atoms with van der Waals surface area (Å²) >= 11 is 1.42. The zero-order valence-corrected chi connectivity index (χ0v) is 7.97. The van der Waals surface area contributed by atoms with Gasteiger partial charge in [-0.2, -0.15) is 0 Å². The van der Waals surface area contributed by atoms with Crippen LogP contribution in [0.25, 0.3) is 0 Å². The van der Waals surface area contributed by atoms with Crippen LogP contribution in [0.1, 0.15) is 5.56 Å². The zero-order valence-electron chi connectivity index (χ0n) is 7.15. The van der Waals surface area contributed by atoms with Crippen LogP contribution in [0.3, 0.4) is 0 Å². The van der Waals surface area contributed by atoms with Gasteiger partial charge in [0, 0.05) is 11.9 Å². The van der Waals surface area contributed by atoms with Gasteiger partial charge < -0.3 is 0 Å². The molecular formula is C9H11NOS. The number of amides is 1. The van der Waals surface area contributed by atoms with Crippen molar-refractivity contribution in [2.75, 3.05) is 7.05 Å². The van der Waals surface area contributed by atoms with E-state index in [0.29, 0.717) is 0 Å². The third-order valence-electron chi connectivity index (χ3n) is 1.42. The molecule has 1 aromatic carbocycles. The second kappa shape index (κ2) is 4.16. The van der Waals surface area contributed by atoms with Gasteiger partial charge in [-0.3, -0.25) is 9.10 Å². The molecule has 0 bridgehead atoms. The molecule has 1 rings (SSSR count). The molecule has 0 fully saturated rings. The molecule has 0 N–H and O–H groups in total. The highest BCUT2D eigenvalue weighted by atomic mass is 32.2. The van der Waals surface area contributed by atoms with E-state index in [1.165, 1.54) is 21.8 Å². The molecule has 0 aliphatic rings. The van der Waals surface area contributed by atoms with Gasteiger partial charge in [-0.1, -0.05) is 17.7 Å². The quantitative estimate of drug-likeness (QED) is 0.525. The number of carbonyl (C=O) groups is 1. The average Bonchev–Trinajstić information content (AvgIpc) is 2.09. The molecule has 0 spiro atoms. The fraction of sp³-hybridized carbons (Fsp3) is 0.222. The molecule has 0 saturated heterocycles. The molecule has 1 amide bonds. The molecule has 0 aliphatic heterocycles. The smallest absolute Gasteiger partial charge is 0.219 e. The Morgan fingerprint density at radius 1 is 1.33 bits per heavy atom. The van der Waals surface area contributed by atoms with Crippen LogP contribution in [0.15, 0.2) is 29.2 Å². The molecule has 2 nitrogen and oxygen atoms in total. The third-order valence-corrected chi connectivity index (χ3v) is 2.28. The van der Waals surface area contributed by atoms with Crippen LogP contribution in [0.5, 0.6) is 0 Å². The zero-order chi connectivity index (χ0) is 8.97. The van der Waals surface area contributed by atoms with Gasteiger partial charge in [-0.05, 0) is 31.0 Å². The Bertz CT molecular complexity index is 258. The predicted molar refractivity (Wildman–Crippen MR) is 50.9 cm³/mol. The van der Waals surface area contributed by atoms with Crippen molar-refractivity contribution in [3.05, 3.63) is 29.8 Å². The van der Waals surface area contributed by atoms with Crippen molar-refractivity contribution < 1.29 is 4.79 Å². The molecule has 0 radical (unpaired) electrons. The average molecular weight is 181 g/mol. The maximum absolute atomic E-state index is 10.3. The van der Waals surface area contributed by atoms with Crippen molar-refractivity contribution in [3.8, 4) is 0 Å². The minimum atomic E-state index is 0.796. The molecule has 0 heterocycles. The topological polar surface area (TPSA) is 20.3 Å². The van der Waals surface area contributed by atoms with E-state index in [4.69, 9.17) is 0 Å². The number of hydrogen-bond acceptors (Lipinski definition) is 2. The van der Waals surface area contributed by atoms with Crippen LogP contribution >= 0.6 is 11.9 Å². The van der Waals surface area contributed by atoms with Crippen molar-refractivity contribution in [3.63, 3.8) is 0 Å². The van der Waals surface area contributed by atoms with Gasteiger partial charge in [0.25, 0.3) is 0 Å². The lowest BCUT2D eigenvalue weighted by Crippen LogP contribution is -2.03. The van der Waals surface area contributed by atoms with E-state index in [0.717, 1.165) is 11.3 Å². The molecule has 12 heavy (non-hydrogen) atoms. The standard InChI is InChI=1S/C9H11NOS/c1-8-3-5-9(6-4-8)12-10(2)7-11/h3-7H,1-2H3. The first-order chi connectivity index (χ1) is 5.72. The second-order valence-corrected chi connectivity index (χ2v) is 3.79. The lowest BCUT2D eigenvalue weighted by atomic mass is 10.2. The second-order valence-electron chi connectivity index (χ2n) is 2.56. The molecule has 64 valence electrons. The Morgan fingerprint density at radius 2 is 1.92 bits per heavy atom. The van der Waals surface area contributed by atoms with Gasteiger partial charge in [0.05, 0.1) is 0 Å². The van der Waals surface area contributed by atoms with Gasteiger partial charge in [0.15, 0.2) is 0 Å². The van der Waals surface area contributed by atoms with E-state index in [9.17, 15) is 4.79 Å². The fourth-order valence-electron chi connectivity index (χ4n) is 0.787.